The van der Waals surface area contributed by atoms with E-state index >= 15 is 0 Å². The first-order valence-corrected chi connectivity index (χ1v) is 10.9. The van der Waals surface area contributed by atoms with E-state index in [1.807, 2.05) is 6.92 Å². The number of nitrogens with one attached hydrogen (secondary N) is 1. The number of carboxylic acid groups (broad SMARTS) is 1. The molecule has 1 heterocycles. The number of hydrogen-bond donors (Lipinski definition) is 2. The molecule has 1 saturated heterocycles. The molecule has 0 radical (unpaired) electrons. The first kappa shape index (κ1) is 21.4. The van der Waals surface area contributed by atoms with Gasteiger partial charge in [0, 0.05) is 25.3 Å². The third-order valence-electron chi connectivity index (χ3n) is 4.88. The third kappa shape index (κ3) is 6.04. The predicted octanol–water partition coefficient (Wildman–Crippen LogP) is 2.12. The van der Waals surface area contributed by atoms with E-state index < -0.39 is 27.6 Å². The maximum atomic E-state index is 12.3. The van der Waals surface area contributed by atoms with Gasteiger partial charge < -0.3 is 15.2 Å². The second-order valence-electron chi connectivity index (χ2n) is 6.80. The van der Waals surface area contributed by atoms with Crippen molar-refractivity contribution < 1.29 is 27.9 Å². The summed E-state index contributed by atoms with van der Waals surface area (Å²) in [4.78, 5) is 24.0. The van der Waals surface area contributed by atoms with Crippen LogP contribution in [-0.4, -0.2) is 50.9 Å². The van der Waals surface area contributed by atoms with E-state index in [9.17, 15) is 23.1 Å². The zero-order valence-electron chi connectivity index (χ0n) is 15.5. The van der Waals surface area contributed by atoms with E-state index in [0.717, 1.165) is 6.42 Å². The lowest BCUT2D eigenvalue weighted by molar-refractivity contribution is -0.144. The molecule has 1 aromatic carbocycles. The first-order chi connectivity index (χ1) is 12.8. The molecule has 1 aliphatic heterocycles. The van der Waals surface area contributed by atoms with Crippen molar-refractivity contribution >= 4 is 21.7 Å². The average Bonchev–Trinajstić information content (AvgIpc) is 2.67. The highest BCUT2D eigenvalue weighted by Gasteiger charge is 2.30. The van der Waals surface area contributed by atoms with Gasteiger partial charge in [0.2, 0.25) is 0 Å². The van der Waals surface area contributed by atoms with Crippen LogP contribution in [0.1, 0.15) is 43.0 Å². The van der Waals surface area contributed by atoms with E-state index in [1.165, 1.54) is 24.3 Å². The van der Waals surface area contributed by atoms with Crippen LogP contribution in [0.5, 0.6) is 0 Å². The highest BCUT2D eigenvalue weighted by atomic mass is 32.2. The zero-order valence-corrected chi connectivity index (χ0v) is 16.3. The van der Waals surface area contributed by atoms with Crippen molar-refractivity contribution in [2.75, 3.05) is 25.5 Å². The van der Waals surface area contributed by atoms with E-state index in [0.29, 0.717) is 38.0 Å². The Morgan fingerprint density at radius 2 is 1.85 bits per heavy atom. The number of hydrogen-bond acceptors (Lipinski definition) is 5. The Labute approximate surface area is 160 Å². The van der Waals surface area contributed by atoms with Gasteiger partial charge in [-0.1, -0.05) is 13.3 Å². The Balaban J connectivity index is 1.97. The highest BCUT2D eigenvalue weighted by molar-refractivity contribution is 7.91. The SMILES string of the molecule is CCCCS(=O)(=O)c1ccc(C(=O)NCC(C(=O)O)C2CCOCC2)cc1. The monoisotopic (exact) mass is 397 g/mol. The van der Waals surface area contributed by atoms with Crippen molar-refractivity contribution in [1.29, 1.82) is 0 Å². The summed E-state index contributed by atoms with van der Waals surface area (Å²) in [7, 11) is -3.34. The number of unbranched alkanes of at least 4 members (excludes halogenated alkanes) is 1. The Bertz CT molecular complexity index is 738. The van der Waals surface area contributed by atoms with Gasteiger partial charge in [-0.2, -0.15) is 0 Å². The van der Waals surface area contributed by atoms with Crippen molar-refractivity contribution in [3.05, 3.63) is 29.8 Å². The minimum atomic E-state index is -3.34. The molecule has 0 aromatic heterocycles. The summed E-state index contributed by atoms with van der Waals surface area (Å²) in [5, 5.41) is 12.1. The minimum absolute atomic E-state index is 0.0253. The third-order valence-corrected chi connectivity index (χ3v) is 6.69. The standard InChI is InChI=1S/C19H27NO6S/c1-2-3-12-27(24,25)16-6-4-15(5-7-16)18(21)20-13-17(19(22)23)14-8-10-26-11-9-14/h4-7,14,17H,2-3,8-13H2,1H3,(H,20,21)(H,22,23). The maximum Gasteiger partial charge on any atom is 0.308 e. The van der Waals surface area contributed by atoms with Gasteiger partial charge in [-0.3, -0.25) is 9.59 Å². The van der Waals surface area contributed by atoms with E-state index in [-0.39, 0.29) is 23.1 Å². The van der Waals surface area contributed by atoms with Gasteiger partial charge in [0.1, 0.15) is 0 Å². The first-order valence-electron chi connectivity index (χ1n) is 9.26. The summed E-state index contributed by atoms with van der Waals surface area (Å²) in [6.07, 6.45) is 2.71. The Morgan fingerprint density at radius 3 is 2.41 bits per heavy atom. The molecule has 2 N–H and O–H groups in total. The minimum Gasteiger partial charge on any atom is -0.481 e. The fourth-order valence-corrected chi connectivity index (χ4v) is 4.60. The van der Waals surface area contributed by atoms with Crippen molar-refractivity contribution in [2.24, 2.45) is 11.8 Å². The number of amides is 1. The van der Waals surface area contributed by atoms with Crippen LogP contribution < -0.4 is 5.32 Å². The molecule has 8 heteroatoms. The Hall–Kier alpha value is -1.93. The molecule has 2 rings (SSSR count). The predicted molar refractivity (Wildman–Crippen MR) is 100 cm³/mol. The number of carboxylic acids is 1. The van der Waals surface area contributed by atoms with Gasteiger partial charge in [0.15, 0.2) is 9.84 Å². The van der Waals surface area contributed by atoms with Gasteiger partial charge in [-0.05, 0) is 49.4 Å². The summed E-state index contributed by atoms with van der Waals surface area (Å²) in [6, 6.07) is 5.76. The summed E-state index contributed by atoms with van der Waals surface area (Å²) in [5.41, 5.74) is 0.306. The number of carbonyl (C=O) groups excluding carboxylic acids is 1. The van der Waals surface area contributed by atoms with Crippen molar-refractivity contribution in [3.63, 3.8) is 0 Å². The second kappa shape index (κ2) is 9.85. The molecular weight excluding hydrogens is 370 g/mol. The van der Waals surface area contributed by atoms with Crippen molar-refractivity contribution in [1.82, 2.24) is 5.32 Å². The fourth-order valence-electron chi connectivity index (χ4n) is 3.14. The van der Waals surface area contributed by atoms with Gasteiger partial charge in [0.05, 0.1) is 16.6 Å². The topological polar surface area (TPSA) is 110 Å². The molecule has 1 aromatic rings. The summed E-state index contributed by atoms with van der Waals surface area (Å²) >= 11 is 0. The Morgan fingerprint density at radius 1 is 1.22 bits per heavy atom. The van der Waals surface area contributed by atoms with Crippen LogP contribution >= 0.6 is 0 Å². The van der Waals surface area contributed by atoms with E-state index in [2.05, 4.69) is 5.32 Å². The molecule has 150 valence electrons. The smallest absolute Gasteiger partial charge is 0.308 e. The van der Waals surface area contributed by atoms with Crippen LogP contribution in [0, 0.1) is 11.8 Å². The number of rotatable bonds is 9. The second-order valence-corrected chi connectivity index (χ2v) is 8.91. The molecule has 1 atom stereocenters. The quantitative estimate of drug-likeness (QED) is 0.660. The Kier molecular flexibility index (Phi) is 7.79. The van der Waals surface area contributed by atoms with E-state index in [1.54, 1.807) is 0 Å². The van der Waals surface area contributed by atoms with E-state index in [4.69, 9.17) is 4.74 Å². The largest absolute Gasteiger partial charge is 0.481 e. The van der Waals surface area contributed by atoms with Crippen molar-refractivity contribution in [3.8, 4) is 0 Å². The lowest BCUT2D eigenvalue weighted by atomic mass is 9.86. The molecule has 1 amide bonds. The average molecular weight is 397 g/mol. The maximum absolute atomic E-state index is 12.3. The summed E-state index contributed by atoms with van der Waals surface area (Å²) in [5.74, 6) is -1.94. The highest BCUT2D eigenvalue weighted by Crippen LogP contribution is 2.24. The number of aliphatic carboxylic acids is 1. The lowest BCUT2D eigenvalue weighted by Crippen LogP contribution is -2.39. The number of ether oxygens (including phenoxy) is 1. The van der Waals surface area contributed by atoms with Crippen LogP contribution in [0.15, 0.2) is 29.2 Å². The molecule has 0 spiro atoms. The molecule has 1 fully saturated rings. The fraction of sp³-hybridized carbons (Fsp3) is 0.579. The van der Waals surface area contributed by atoms with Crippen LogP contribution in [-0.2, 0) is 19.4 Å². The molecule has 1 unspecified atom stereocenters. The van der Waals surface area contributed by atoms with Crippen LogP contribution in [0.3, 0.4) is 0 Å². The molecule has 1 aliphatic rings. The number of sulfone groups is 1. The molecule has 0 saturated carbocycles. The van der Waals surface area contributed by atoms with Crippen molar-refractivity contribution in [2.45, 2.75) is 37.5 Å². The van der Waals surface area contributed by atoms with Gasteiger partial charge in [-0.25, -0.2) is 8.42 Å². The molecule has 27 heavy (non-hydrogen) atoms. The zero-order chi connectivity index (χ0) is 19.9. The van der Waals surface area contributed by atoms with Gasteiger partial charge in [0.25, 0.3) is 5.91 Å². The number of benzene rings is 1. The van der Waals surface area contributed by atoms with Crippen LogP contribution in [0.2, 0.25) is 0 Å². The van der Waals surface area contributed by atoms with Gasteiger partial charge in [-0.15, -0.1) is 0 Å². The number of carbonyl (C=O) groups is 2. The molecule has 0 bridgehead atoms. The molecular formula is C19H27NO6S. The summed E-state index contributed by atoms with van der Waals surface area (Å²) in [6.45, 7) is 3.04. The lowest BCUT2D eigenvalue weighted by Gasteiger charge is -2.27. The van der Waals surface area contributed by atoms with Gasteiger partial charge >= 0.3 is 5.97 Å². The normalized spacial score (nSPS) is 16.6. The molecule has 7 nitrogen and oxygen atoms in total. The van der Waals surface area contributed by atoms with Crippen LogP contribution in [0.4, 0.5) is 0 Å². The molecule has 0 aliphatic carbocycles. The van der Waals surface area contributed by atoms with Crippen LogP contribution in [0.25, 0.3) is 0 Å². The summed E-state index contributed by atoms with van der Waals surface area (Å²) < 4.78 is 29.6.